The van der Waals surface area contributed by atoms with Gasteiger partial charge >= 0.3 is 5.69 Å². The minimum absolute atomic E-state index is 0.0143. The highest BCUT2D eigenvalue weighted by Crippen LogP contribution is 2.14. The van der Waals surface area contributed by atoms with Crippen molar-refractivity contribution in [3.8, 4) is 6.07 Å². The van der Waals surface area contributed by atoms with Crippen LogP contribution in [0.4, 0.5) is 4.39 Å². The van der Waals surface area contributed by atoms with Gasteiger partial charge in [0, 0.05) is 18.5 Å². The highest BCUT2D eigenvalue weighted by Gasteiger charge is 2.18. The number of aryl methyl sites for hydroxylation is 1. The SMILES string of the molecule is N#Cc1cccc(Cn2nc3n(c2=O)CCCC3)c1F. The van der Waals surface area contributed by atoms with E-state index in [0.29, 0.717) is 12.1 Å². The molecule has 0 saturated carbocycles. The van der Waals surface area contributed by atoms with E-state index in [1.54, 1.807) is 22.8 Å². The third kappa shape index (κ3) is 2.01. The zero-order valence-electron chi connectivity index (χ0n) is 10.8. The van der Waals surface area contributed by atoms with Gasteiger partial charge in [0.05, 0.1) is 12.1 Å². The quantitative estimate of drug-likeness (QED) is 0.831. The van der Waals surface area contributed by atoms with Crippen LogP contribution in [-0.4, -0.2) is 14.3 Å². The number of hydrogen-bond acceptors (Lipinski definition) is 3. The standard InChI is InChI=1S/C14H13FN4O/c15-13-10(8-16)4-3-5-11(13)9-19-14(20)18-7-2-1-6-12(18)17-19/h3-5H,1-2,6-7,9H2. The summed E-state index contributed by atoms with van der Waals surface area (Å²) in [6, 6.07) is 6.39. The summed E-state index contributed by atoms with van der Waals surface area (Å²) in [6.45, 7) is 0.731. The van der Waals surface area contributed by atoms with Crippen LogP contribution in [0.2, 0.25) is 0 Å². The van der Waals surface area contributed by atoms with Gasteiger partial charge in [-0.05, 0) is 18.9 Å². The molecule has 1 aliphatic rings. The fourth-order valence-corrected chi connectivity index (χ4v) is 2.50. The number of benzene rings is 1. The van der Waals surface area contributed by atoms with E-state index >= 15 is 0 Å². The van der Waals surface area contributed by atoms with E-state index in [1.165, 1.54) is 10.7 Å². The van der Waals surface area contributed by atoms with Crippen molar-refractivity contribution in [2.75, 3.05) is 0 Å². The summed E-state index contributed by atoms with van der Waals surface area (Å²) in [5, 5.41) is 13.1. The lowest BCUT2D eigenvalue weighted by atomic mass is 10.1. The highest BCUT2D eigenvalue weighted by atomic mass is 19.1. The molecular formula is C14H13FN4O. The Kier molecular flexibility index (Phi) is 3.11. The molecular weight excluding hydrogens is 259 g/mol. The zero-order chi connectivity index (χ0) is 14.1. The van der Waals surface area contributed by atoms with Gasteiger partial charge in [-0.15, -0.1) is 0 Å². The number of aromatic nitrogens is 3. The van der Waals surface area contributed by atoms with Gasteiger partial charge in [0.2, 0.25) is 0 Å². The Morgan fingerprint density at radius 2 is 2.25 bits per heavy atom. The van der Waals surface area contributed by atoms with Crippen LogP contribution in [0.15, 0.2) is 23.0 Å². The molecule has 2 heterocycles. The molecule has 102 valence electrons. The van der Waals surface area contributed by atoms with E-state index in [1.807, 2.05) is 0 Å². The second-order valence-electron chi connectivity index (χ2n) is 4.86. The second-order valence-corrected chi connectivity index (χ2v) is 4.86. The van der Waals surface area contributed by atoms with Gasteiger partial charge in [0.1, 0.15) is 17.7 Å². The number of fused-ring (bicyclic) bond motifs is 1. The third-order valence-corrected chi connectivity index (χ3v) is 3.55. The largest absolute Gasteiger partial charge is 0.346 e. The summed E-state index contributed by atoms with van der Waals surface area (Å²) in [4.78, 5) is 12.2. The van der Waals surface area contributed by atoms with Gasteiger partial charge in [0.15, 0.2) is 0 Å². The maximum atomic E-state index is 14.0. The number of hydrogen-bond donors (Lipinski definition) is 0. The molecule has 0 saturated heterocycles. The van der Waals surface area contributed by atoms with E-state index < -0.39 is 5.82 Å². The Morgan fingerprint density at radius 1 is 1.40 bits per heavy atom. The first kappa shape index (κ1) is 12.6. The van der Waals surface area contributed by atoms with E-state index in [-0.39, 0.29) is 17.8 Å². The van der Waals surface area contributed by atoms with Crippen molar-refractivity contribution >= 4 is 0 Å². The molecule has 5 nitrogen and oxygen atoms in total. The average molecular weight is 272 g/mol. The van der Waals surface area contributed by atoms with Crippen LogP contribution in [0, 0.1) is 17.1 Å². The molecule has 1 aliphatic heterocycles. The maximum absolute atomic E-state index is 14.0. The number of nitrogens with zero attached hydrogens (tertiary/aromatic N) is 4. The molecule has 1 aromatic carbocycles. The predicted octanol–water partition coefficient (Wildman–Crippen LogP) is 1.44. The van der Waals surface area contributed by atoms with Gasteiger partial charge in [-0.1, -0.05) is 12.1 Å². The van der Waals surface area contributed by atoms with E-state index in [9.17, 15) is 9.18 Å². The minimum atomic E-state index is -0.576. The van der Waals surface area contributed by atoms with Crippen molar-refractivity contribution in [1.29, 1.82) is 5.26 Å². The van der Waals surface area contributed by atoms with Crippen molar-refractivity contribution in [2.24, 2.45) is 0 Å². The van der Waals surface area contributed by atoms with Crippen LogP contribution in [0.5, 0.6) is 0 Å². The third-order valence-electron chi connectivity index (χ3n) is 3.55. The van der Waals surface area contributed by atoms with Gasteiger partial charge in [-0.25, -0.2) is 13.9 Å². The first-order valence-electron chi connectivity index (χ1n) is 6.54. The first-order chi connectivity index (χ1) is 9.70. The Hall–Kier alpha value is -2.42. The van der Waals surface area contributed by atoms with Crippen LogP contribution < -0.4 is 5.69 Å². The Bertz CT molecular complexity index is 754. The van der Waals surface area contributed by atoms with Crippen LogP contribution in [0.25, 0.3) is 0 Å². The summed E-state index contributed by atoms with van der Waals surface area (Å²) < 4.78 is 16.9. The maximum Gasteiger partial charge on any atom is 0.346 e. The molecule has 0 radical (unpaired) electrons. The first-order valence-corrected chi connectivity index (χ1v) is 6.54. The number of rotatable bonds is 2. The summed E-state index contributed by atoms with van der Waals surface area (Å²) in [5.74, 6) is 0.186. The van der Waals surface area contributed by atoms with Crippen LogP contribution in [-0.2, 0) is 19.5 Å². The fraction of sp³-hybridized carbons (Fsp3) is 0.357. The predicted molar refractivity (Wildman–Crippen MR) is 69.6 cm³/mol. The van der Waals surface area contributed by atoms with Gasteiger partial charge in [-0.2, -0.15) is 10.4 Å². The molecule has 6 heteroatoms. The summed E-state index contributed by atoms with van der Waals surface area (Å²) in [5.41, 5.74) is 0.0857. The molecule has 1 aromatic heterocycles. The van der Waals surface area contributed by atoms with Crippen LogP contribution in [0.3, 0.4) is 0 Å². The Balaban J connectivity index is 1.99. The molecule has 0 amide bonds. The monoisotopic (exact) mass is 272 g/mol. The molecule has 0 N–H and O–H groups in total. The van der Waals surface area contributed by atoms with Crippen molar-refractivity contribution in [2.45, 2.75) is 32.4 Å². The normalized spacial score (nSPS) is 13.8. The lowest BCUT2D eigenvalue weighted by molar-refractivity contribution is 0.511. The van der Waals surface area contributed by atoms with E-state index in [0.717, 1.165) is 25.1 Å². The molecule has 2 aromatic rings. The van der Waals surface area contributed by atoms with Gasteiger partial charge in [-0.3, -0.25) is 4.57 Å². The van der Waals surface area contributed by atoms with Crippen molar-refractivity contribution in [1.82, 2.24) is 14.3 Å². The van der Waals surface area contributed by atoms with Crippen LogP contribution in [0.1, 0.15) is 29.8 Å². The molecule has 0 fully saturated rings. The number of halogens is 1. The molecule has 3 rings (SSSR count). The fourth-order valence-electron chi connectivity index (χ4n) is 2.50. The minimum Gasteiger partial charge on any atom is -0.279 e. The number of nitriles is 1. The van der Waals surface area contributed by atoms with Crippen molar-refractivity contribution < 1.29 is 4.39 Å². The second kappa shape index (κ2) is 4.93. The van der Waals surface area contributed by atoms with Crippen molar-refractivity contribution in [3.05, 3.63) is 51.5 Å². The average Bonchev–Trinajstić information content (AvgIpc) is 2.78. The Morgan fingerprint density at radius 3 is 3.00 bits per heavy atom. The molecule has 0 unspecified atom stereocenters. The summed E-state index contributed by atoms with van der Waals surface area (Å²) in [7, 11) is 0. The van der Waals surface area contributed by atoms with Crippen LogP contribution >= 0.6 is 0 Å². The zero-order valence-corrected chi connectivity index (χ0v) is 10.8. The topological polar surface area (TPSA) is 63.6 Å². The molecule has 0 atom stereocenters. The lowest BCUT2D eigenvalue weighted by Gasteiger charge is -2.09. The molecule has 0 aliphatic carbocycles. The molecule has 20 heavy (non-hydrogen) atoms. The Labute approximate surface area is 114 Å². The van der Waals surface area contributed by atoms with E-state index in [4.69, 9.17) is 5.26 Å². The van der Waals surface area contributed by atoms with Crippen molar-refractivity contribution in [3.63, 3.8) is 0 Å². The summed E-state index contributed by atoms with van der Waals surface area (Å²) >= 11 is 0. The molecule has 0 spiro atoms. The van der Waals surface area contributed by atoms with E-state index in [2.05, 4.69) is 5.10 Å². The lowest BCUT2D eigenvalue weighted by Crippen LogP contribution is -2.27. The van der Waals surface area contributed by atoms with Gasteiger partial charge < -0.3 is 0 Å². The highest BCUT2D eigenvalue weighted by molar-refractivity contribution is 5.34. The smallest absolute Gasteiger partial charge is 0.279 e. The van der Waals surface area contributed by atoms with Gasteiger partial charge in [0.25, 0.3) is 0 Å². The molecule has 0 bridgehead atoms. The summed E-state index contributed by atoms with van der Waals surface area (Å²) in [6.07, 6.45) is 2.77.